The van der Waals surface area contributed by atoms with Crippen LogP contribution in [0.2, 0.25) is 5.15 Å². The predicted molar refractivity (Wildman–Crippen MR) is 84.3 cm³/mol. The number of alkyl halides is 4. The number of ether oxygens (including phenoxy) is 1. The van der Waals surface area contributed by atoms with E-state index in [0.29, 0.717) is 6.07 Å². The zero-order chi connectivity index (χ0) is 19.0. The number of hydrogen-bond acceptors (Lipinski definition) is 3. The third kappa shape index (κ3) is 5.20. The smallest absolute Gasteiger partial charge is 0.416 e. The molecule has 0 N–H and O–H groups in total. The molecule has 0 bridgehead atoms. The Kier molecular flexibility index (Phi) is 5.51. The highest BCUT2D eigenvalue weighted by Gasteiger charge is 2.37. The lowest BCUT2D eigenvalue weighted by atomic mass is 9.91. The van der Waals surface area contributed by atoms with E-state index in [-0.39, 0.29) is 30.4 Å². The Bertz CT molecular complexity index is 646. The highest BCUT2D eigenvalue weighted by molar-refractivity contribution is 6.29. The summed E-state index contributed by atoms with van der Waals surface area (Å²) in [5, 5.41) is -0.341. The van der Waals surface area contributed by atoms with Gasteiger partial charge in [-0.05, 0) is 39.3 Å². The van der Waals surface area contributed by atoms with E-state index in [9.17, 15) is 22.4 Å². The number of nitrogens with zero attached hydrogens (tertiary/aromatic N) is 2. The first-order valence-electron chi connectivity index (χ1n) is 7.73. The molecule has 0 aliphatic carbocycles. The normalized spacial score (nSPS) is 22.0. The minimum Gasteiger partial charge on any atom is -0.444 e. The summed E-state index contributed by atoms with van der Waals surface area (Å²) in [5.74, 6) is -0.863. The molecule has 140 valence electrons. The van der Waals surface area contributed by atoms with Gasteiger partial charge in [0.05, 0.1) is 12.1 Å². The fourth-order valence-electron chi connectivity index (χ4n) is 2.60. The number of carbonyl (C=O) groups is 1. The lowest BCUT2D eigenvalue weighted by molar-refractivity contribution is -0.137. The number of likely N-dealkylation sites (tertiary alicyclic amines) is 1. The first kappa shape index (κ1) is 19.8. The van der Waals surface area contributed by atoms with Gasteiger partial charge >= 0.3 is 12.3 Å². The van der Waals surface area contributed by atoms with Crippen LogP contribution < -0.4 is 0 Å². The standard InChI is InChI=1S/C16H19ClF4N2O2/c1-15(2,3)25-14(24)23-5-4-10(11(18)8-23)12-6-9(16(19,20)21)7-13(17)22-12/h6-7,10-11H,4-5,8H2,1-3H3. The van der Waals surface area contributed by atoms with E-state index < -0.39 is 35.5 Å². The van der Waals surface area contributed by atoms with Gasteiger partial charge in [0.2, 0.25) is 0 Å². The fraction of sp³-hybridized carbons (Fsp3) is 0.625. The third-order valence-electron chi connectivity index (χ3n) is 3.71. The molecule has 1 aliphatic heterocycles. The summed E-state index contributed by atoms with van der Waals surface area (Å²) in [6, 6.07) is 1.51. The first-order valence-corrected chi connectivity index (χ1v) is 8.11. The summed E-state index contributed by atoms with van der Waals surface area (Å²) in [5.41, 5.74) is -1.74. The number of halogens is 5. The van der Waals surface area contributed by atoms with Gasteiger partial charge in [0.25, 0.3) is 0 Å². The van der Waals surface area contributed by atoms with Crippen LogP contribution in [0.1, 0.15) is 44.4 Å². The van der Waals surface area contributed by atoms with Gasteiger partial charge in [0.1, 0.15) is 16.9 Å². The van der Waals surface area contributed by atoms with Gasteiger partial charge in [0, 0.05) is 18.2 Å². The molecule has 0 radical (unpaired) electrons. The van der Waals surface area contributed by atoms with Gasteiger partial charge in [-0.2, -0.15) is 13.2 Å². The summed E-state index contributed by atoms with van der Waals surface area (Å²) in [6.07, 6.45) is -6.67. The molecule has 0 saturated carbocycles. The Hall–Kier alpha value is -1.57. The molecule has 1 aromatic heterocycles. The average Bonchev–Trinajstić information content (AvgIpc) is 2.43. The highest BCUT2D eigenvalue weighted by atomic mass is 35.5. The molecule has 25 heavy (non-hydrogen) atoms. The van der Waals surface area contributed by atoms with Crippen LogP contribution >= 0.6 is 11.6 Å². The van der Waals surface area contributed by atoms with Crippen LogP contribution in [0, 0.1) is 0 Å². The molecule has 1 amide bonds. The Morgan fingerprint density at radius 3 is 2.48 bits per heavy atom. The van der Waals surface area contributed by atoms with E-state index in [2.05, 4.69) is 4.98 Å². The summed E-state index contributed by atoms with van der Waals surface area (Å²) in [4.78, 5) is 17.0. The Labute approximate surface area is 148 Å². The number of pyridine rings is 1. The molecule has 2 heterocycles. The van der Waals surface area contributed by atoms with Gasteiger partial charge < -0.3 is 9.64 Å². The van der Waals surface area contributed by atoms with Gasteiger partial charge in [-0.25, -0.2) is 14.2 Å². The second-order valence-electron chi connectivity index (χ2n) is 6.94. The zero-order valence-electron chi connectivity index (χ0n) is 14.0. The van der Waals surface area contributed by atoms with Crippen LogP contribution in [0.3, 0.4) is 0 Å². The number of piperidine rings is 1. The lowest BCUT2D eigenvalue weighted by Crippen LogP contribution is -2.46. The minimum absolute atomic E-state index is 0.0591. The van der Waals surface area contributed by atoms with E-state index in [1.165, 1.54) is 4.90 Å². The second-order valence-corrected chi connectivity index (χ2v) is 7.33. The van der Waals surface area contributed by atoms with Crippen LogP contribution in [0.15, 0.2) is 12.1 Å². The third-order valence-corrected chi connectivity index (χ3v) is 3.91. The molecule has 1 aromatic rings. The summed E-state index contributed by atoms with van der Waals surface area (Å²) in [7, 11) is 0. The van der Waals surface area contributed by atoms with Gasteiger partial charge in [-0.3, -0.25) is 0 Å². The second kappa shape index (κ2) is 6.97. The van der Waals surface area contributed by atoms with Crippen LogP contribution in [0.25, 0.3) is 0 Å². The van der Waals surface area contributed by atoms with E-state index in [0.717, 1.165) is 6.07 Å². The Morgan fingerprint density at radius 1 is 1.32 bits per heavy atom. The molecule has 0 aromatic carbocycles. The van der Waals surface area contributed by atoms with Crippen molar-refractivity contribution in [2.75, 3.05) is 13.1 Å². The van der Waals surface area contributed by atoms with Crippen molar-refractivity contribution in [1.82, 2.24) is 9.88 Å². The van der Waals surface area contributed by atoms with E-state index in [4.69, 9.17) is 16.3 Å². The van der Waals surface area contributed by atoms with Crippen molar-refractivity contribution < 1.29 is 27.1 Å². The highest BCUT2D eigenvalue weighted by Crippen LogP contribution is 2.36. The van der Waals surface area contributed by atoms with Gasteiger partial charge in [-0.1, -0.05) is 11.6 Å². The molecule has 0 spiro atoms. The molecule has 2 rings (SSSR count). The number of amides is 1. The molecule has 1 fully saturated rings. The molecular formula is C16H19ClF4N2O2. The fourth-order valence-corrected chi connectivity index (χ4v) is 2.82. The van der Waals surface area contributed by atoms with Crippen molar-refractivity contribution >= 4 is 17.7 Å². The minimum atomic E-state index is -4.59. The molecule has 4 nitrogen and oxygen atoms in total. The quantitative estimate of drug-likeness (QED) is 0.516. The van der Waals surface area contributed by atoms with Crippen LogP contribution in [-0.4, -0.2) is 40.8 Å². The predicted octanol–water partition coefficient (Wildman–Crippen LogP) is 4.82. The summed E-state index contributed by atoms with van der Waals surface area (Å²) < 4.78 is 58.4. The van der Waals surface area contributed by atoms with Crippen LogP contribution in [0.5, 0.6) is 0 Å². The van der Waals surface area contributed by atoms with Crippen LogP contribution in [-0.2, 0) is 10.9 Å². The lowest BCUT2D eigenvalue weighted by Gasteiger charge is -2.35. The molecule has 2 atom stereocenters. The first-order chi connectivity index (χ1) is 11.4. The number of carbonyl (C=O) groups excluding carboxylic acids is 1. The topological polar surface area (TPSA) is 42.4 Å². The Morgan fingerprint density at radius 2 is 1.96 bits per heavy atom. The molecule has 1 aliphatic rings. The van der Waals surface area contributed by atoms with Gasteiger partial charge in [-0.15, -0.1) is 0 Å². The maximum Gasteiger partial charge on any atom is 0.416 e. The van der Waals surface area contributed by atoms with E-state index in [1.54, 1.807) is 20.8 Å². The number of hydrogen-bond donors (Lipinski definition) is 0. The van der Waals surface area contributed by atoms with Crippen molar-refractivity contribution in [1.29, 1.82) is 0 Å². The van der Waals surface area contributed by atoms with E-state index >= 15 is 0 Å². The Balaban J connectivity index is 2.14. The van der Waals surface area contributed by atoms with Gasteiger partial charge in [0.15, 0.2) is 0 Å². The number of rotatable bonds is 1. The summed E-state index contributed by atoms with van der Waals surface area (Å²) >= 11 is 5.66. The van der Waals surface area contributed by atoms with Crippen molar-refractivity contribution in [3.05, 3.63) is 28.5 Å². The maximum absolute atomic E-state index is 14.5. The molecule has 1 saturated heterocycles. The largest absolute Gasteiger partial charge is 0.444 e. The number of aromatic nitrogens is 1. The maximum atomic E-state index is 14.5. The molecular weight excluding hydrogens is 364 g/mol. The van der Waals surface area contributed by atoms with Crippen molar-refractivity contribution in [3.63, 3.8) is 0 Å². The molecule has 9 heteroatoms. The van der Waals surface area contributed by atoms with E-state index in [1.807, 2.05) is 0 Å². The van der Waals surface area contributed by atoms with Crippen molar-refractivity contribution in [3.8, 4) is 0 Å². The SMILES string of the molecule is CC(C)(C)OC(=O)N1CCC(c2cc(C(F)(F)F)cc(Cl)n2)C(F)C1. The molecule has 2 unspecified atom stereocenters. The van der Waals surface area contributed by atoms with Crippen LogP contribution in [0.4, 0.5) is 22.4 Å². The summed E-state index contributed by atoms with van der Waals surface area (Å²) in [6.45, 7) is 4.97. The average molecular weight is 383 g/mol. The zero-order valence-corrected chi connectivity index (χ0v) is 14.8. The van der Waals surface area contributed by atoms with Crippen molar-refractivity contribution in [2.24, 2.45) is 0 Å². The van der Waals surface area contributed by atoms with Crippen molar-refractivity contribution in [2.45, 2.75) is 51.1 Å². The monoisotopic (exact) mass is 382 g/mol.